The fourth-order valence-corrected chi connectivity index (χ4v) is 4.35. The summed E-state index contributed by atoms with van der Waals surface area (Å²) in [7, 11) is 1.66. The third-order valence-corrected chi connectivity index (χ3v) is 6.14. The lowest BCUT2D eigenvalue weighted by Crippen LogP contribution is -2.17. The zero-order valence-electron chi connectivity index (χ0n) is 16.4. The van der Waals surface area contributed by atoms with Crippen LogP contribution in [0, 0.1) is 0 Å². The number of rotatable bonds is 6. The number of hydrogen-bond acceptors (Lipinski definition) is 3. The van der Waals surface area contributed by atoms with Crippen molar-refractivity contribution in [2.45, 2.75) is 13.0 Å². The first-order valence-corrected chi connectivity index (χ1v) is 11.1. The summed E-state index contributed by atoms with van der Waals surface area (Å²) in [5, 5.41) is 3.62. The predicted molar refractivity (Wildman–Crippen MR) is 126 cm³/mol. The van der Waals surface area contributed by atoms with Gasteiger partial charge in [0.25, 0.3) is 0 Å². The third-order valence-electron chi connectivity index (χ3n) is 4.77. The van der Waals surface area contributed by atoms with Gasteiger partial charge in [0.1, 0.15) is 5.75 Å². The highest BCUT2D eigenvalue weighted by Gasteiger charge is 2.09. The van der Waals surface area contributed by atoms with Crippen LogP contribution in [0.15, 0.2) is 83.2 Å². The molecule has 0 aliphatic rings. The molecule has 3 nitrogen and oxygen atoms in total. The molecular formula is C24H20Cl2N2OS. The minimum Gasteiger partial charge on any atom is -0.497 e. The van der Waals surface area contributed by atoms with Gasteiger partial charge in [-0.3, -0.25) is 0 Å². The Bertz CT molecular complexity index is 1180. The molecule has 0 bridgehead atoms. The number of methoxy groups -OCH3 is 1. The molecule has 0 aliphatic carbocycles. The number of nitrogens with zero attached hydrogens (tertiary/aromatic N) is 2. The summed E-state index contributed by atoms with van der Waals surface area (Å²) in [4.78, 5) is 5.83. The Morgan fingerprint density at radius 2 is 1.50 bits per heavy atom. The second-order valence-corrected chi connectivity index (χ2v) is 8.46. The van der Waals surface area contributed by atoms with E-state index in [-0.39, 0.29) is 0 Å². The maximum absolute atomic E-state index is 6.09. The quantitative estimate of drug-likeness (QED) is 0.307. The van der Waals surface area contributed by atoms with Crippen molar-refractivity contribution in [2.24, 2.45) is 4.99 Å². The Hall–Kier alpha value is -2.53. The first-order valence-electron chi connectivity index (χ1n) is 9.50. The van der Waals surface area contributed by atoms with Gasteiger partial charge in [-0.2, -0.15) is 0 Å². The van der Waals surface area contributed by atoms with Gasteiger partial charge in [0.2, 0.25) is 0 Å². The highest BCUT2D eigenvalue weighted by Crippen LogP contribution is 2.24. The van der Waals surface area contributed by atoms with E-state index in [0.29, 0.717) is 0 Å². The van der Waals surface area contributed by atoms with Crippen LogP contribution in [0.25, 0.3) is 11.3 Å². The van der Waals surface area contributed by atoms with E-state index in [9.17, 15) is 0 Å². The second kappa shape index (κ2) is 9.52. The highest BCUT2D eigenvalue weighted by atomic mass is 35.5. The van der Waals surface area contributed by atoms with Crippen molar-refractivity contribution < 1.29 is 4.74 Å². The number of halogens is 2. The molecule has 0 spiro atoms. The van der Waals surface area contributed by atoms with Crippen LogP contribution in [0.3, 0.4) is 0 Å². The molecule has 30 heavy (non-hydrogen) atoms. The molecule has 3 aromatic carbocycles. The average Bonchev–Trinajstić information content (AvgIpc) is 3.17. The summed E-state index contributed by atoms with van der Waals surface area (Å²) in [6, 6.07) is 23.7. The Morgan fingerprint density at radius 1 is 0.867 bits per heavy atom. The summed E-state index contributed by atoms with van der Waals surface area (Å²) < 4.78 is 7.50. The van der Waals surface area contributed by atoms with E-state index in [1.165, 1.54) is 5.56 Å². The van der Waals surface area contributed by atoms with Gasteiger partial charge in [-0.25, -0.2) is 4.99 Å². The van der Waals surface area contributed by atoms with E-state index in [1.54, 1.807) is 18.4 Å². The lowest BCUT2D eigenvalue weighted by molar-refractivity contribution is 0.415. The van der Waals surface area contributed by atoms with E-state index >= 15 is 0 Å². The molecule has 0 atom stereocenters. The van der Waals surface area contributed by atoms with E-state index < -0.39 is 0 Å². The number of hydrogen-bond donors (Lipinski definition) is 0. The fourth-order valence-electron chi connectivity index (χ4n) is 3.15. The van der Waals surface area contributed by atoms with Crippen molar-refractivity contribution in [3.63, 3.8) is 0 Å². The zero-order chi connectivity index (χ0) is 20.9. The topological polar surface area (TPSA) is 26.5 Å². The third kappa shape index (κ3) is 4.96. The highest BCUT2D eigenvalue weighted by molar-refractivity contribution is 7.07. The van der Waals surface area contributed by atoms with Crippen LogP contribution in [0.4, 0.5) is 5.69 Å². The molecule has 6 heteroatoms. The SMILES string of the molecule is COc1ccc(N=c2scc(-c3ccc(Cl)cc3)n2CCc2ccc(Cl)cc2)cc1. The fraction of sp³-hybridized carbons (Fsp3) is 0.125. The first kappa shape index (κ1) is 20.7. The molecular weight excluding hydrogens is 435 g/mol. The molecule has 0 unspecified atom stereocenters. The molecule has 0 N–H and O–H groups in total. The second-order valence-electron chi connectivity index (χ2n) is 6.75. The molecule has 0 amide bonds. The van der Waals surface area contributed by atoms with Crippen LogP contribution in [-0.2, 0) is 13.0 Å². The van der Waals surface area contributed by atoms with Gasteiger partial charge in [0.15, 0.2) is 4.80 Å². The number of ether oxygens (including phenoxy) is 1. The van der Waals surface area contributed by atoms with Crippen molar-refractivity contribution >= 4 is 40.2 Å². The number of benzene rings is 3. The van der Waals surface area contributed by atoms with E-state index in [4.69, 9.17) is 32.9 Å². The van der Waals surface area contributed by atoms with Gasteiger partial charge in [0.05, 0.1) is 18.5 Å². The van der Waals surface area contributed by atoms with Crippen LogP contribution in [0.1, 0.15) is 5.56 Å². The molecule has 4 aromatic rings. The maximum atomic E-state index is 6.09. The first-order chi connectivity index (χ1) is 14.6. The van der Waals surface area contributed by atoms with Gasteiger partial charge in [0, 0.05) is 22.0 Å². The lowest BCUT2D eigenvalue weighted by atomic mass is 10.1. The van der Waals surface area contributed by atoms with Crippen molar-refractivity contribution in [2.75, 3.05) is 7.11 Å². The molecule has 0 saturated heterocycles. The van der Waals surface area contributed by atoms with Crippen molar-refractivity contribution in [1.82, 2.24) is 4.57 Å². The van der Waals surface area contributed by atoms with Crippen LogP contribution in [0.2, 0.25) is 10.0 Å². The molecule has 4 rings (SSSR count). The minimum absolute atomic E-state index is 0.727. The van der Waals surface area contributed by atoms with Crippen molar-refractivity contribution in [3.8, 4) is 17.0 Å². The monoisotopic (exact) mass is 454 g/mol. The number of aryl methyl sites for hydroxylation is 1. The average molecular weight is 455 g/mol. The summed E-state index contributed by atoms with van der Waals surface area (Å²) in [5.74, 6) is 0.817. The molecule has 0 fully saturated rings. The Morgan fingerprint density at radius 3 is 2.13 bits per heavy atom. The molecule has 152 valence electrons. The van der Waals surface area contributed by atoms with Gasteiger partial charge in [-0.15, -0.1) is 11.3 Å². The van der Waals surface area contributed by atoms with E-state index in [0.717, 1.165) is 50.5 Å². The minimum atomic E-state index is 0.727. The normalized spacial score (nSPS) is 11.6. The van der Waals surface area contributed by atoms with Gasteiger partial charge >= 0.3 is 0 Å². The predicted octanol–water partition coefficient (Wildman–Crippen LogP) is 7.01. The van der Waals surface area contributed by atoms with E-state index in [1.807, 2.05) is 60.7 Å². The maximum Gasteiger partial charge on any atom is 0.190 e. The largest absolute Gasteiger partial charge is 0.497 e. The lowest BCUT2D eigenvalue weighted by Gasteiger charge is -2.10. The molecule has 1 aromatic heterocycles. The summed E-state index contributed by atoms with van der Waals surface area (Å²) in [6.07, 6.45) is 0.879. The molecule has 0 saturated carbocycles. The smallest absolute Gasteiger partial charge is 0.190 e. The van der Waals surface area contributed by atoms with Crippen LogP contribution >= 0.6 is 34.5 Å². The number of aromatic nitrogens is 1. The Balaban J connectivity index is 1.72. The van der Waals surface area contributed by atoms with Crippen LogP contribution < -0.4 is 9.54 Å². The van der Waals surface area contributed by atoms with Gasteiger partial charge in [-0.1, -0.05) is 47.5 Å². The molecule has 0 aliphatic heterocycles. The Kier molecular flexibility index (Phi) is 6.58. The summed E-state index contributed by atoms with van der Waals surface area (Å²) in [5.41, 5.74) is 4.36. The number of thiazole rings is 1. The summed E-state index contributed by atoms with van der Waals surface area (Å²) >= 11 is 13.7. The Labute approximate surface area is 189 Å². The van der Waals surface area contributed by atoms with Crippen molar-refractivity contribution in [3.05, 3.63) is 98.6 Å². The summed E-state index contributed by atoms with van der Waals surface area (Å²) in [6.45, 7) is 0.804. The molecule has 1 heterocycles. The van der Waals surface area contributed by atoms with Crippen LogP contribution in [-0.4, -0.2) is 11.7 Å². The zero-order valence-corrected chi connectivity index (χ0v) is 18.7. The van der Waals surface area contributed by atoms with Crippen molar-refractivity contribution in [1.29, 1.82) is 0 Å². The standard InChI is InChI=1S/C24H20Cl2N2OS/c1-29-22-12-10-21(11-13-22)27-24-28(15-14-17-2-6-19(25)7-3-17)23(16-30-24)18-4-8-20(26)9-5-18/h2-13,16H,14-15H2,1H3. The van der Waals surface area contributed by atoms with E-state index in [2.05, 4.69) is 22.1 Å². The van der Waals surface area contributed by atoms with Gasteiger partial charge in [-0.05, 0) is 66.1 Å². The molecule has 0 radical (unpaired) electrons. The van der Waals surface area contributed by atoms with Crippen LogP contribution in [0.5, 0.6) is 5.75 Å². The van der Waals surface area contributed by atoms with Gasteiger partial charge < -0.3 is 9.30 Å².